The molecule has 0 aliphatic rings. The third kappa shape index (κ3) is 4.39. The van der Waals surface area contributed by atoms with E-state index in [-0.39, 0.29) is 18.0 Å². The number of para-hydroxylation sites is 2. The first-order valence-corrected chi connectivity index (χ1v) is 12.7. The van der Waals surface area contributed by atoms with Crippen LogP contribution in [0.1, 0.15) is 13.3 Å². The van der Waals surface area contributed by atoms with Crippen LogP contribution < -0.4 is 10.9 Å². The number of anilines is 1. The van der Waals surface area contributed by atoms with Gasteiger partial charge in [0.05, 0.1) is 22.7 Å². The number of amides is 1. The van der Waals surface area contributed by atoms with E-state index in [1.165, 1.54) is 22.2 Å². The normalized spacial score (nSPS) is 11.4. The van der Waals surface area contributed by atoms with Gasteiger partial charge in [0.2, 0.25) is 11.9 Å². The van der Waals surface area contributed by atoms with Gasteiger partial charge in [0, 0.05) is 35.6 Å². The van der Waals surface area contributed by atoms with Crippen LogP contribution in [0.5, 0.6) is 0 Å². The van der Waals surface area contributed by atoms with Crippen molar-refractivity contribution in [1.29, 1.82) is 0 Å². The summed E-state index contributed by atoms with van der Waals surface area (Å²) in [5.41, 5.74) is 2.37. The highest BCUT2D eigenvalue weighted by atomic mass is 32.1. The largest absolute Gasteiger partial charge is 0.382 e. The molecule has 4 heterocycles. The van der Waals surface area contributed by atoms with E-state index in [1.807, 2.05) is 58.6 Å². The van der Waals surface area contributed by atoms with Crippen LogP contribution in [-0.4, -0.2) is 38.2 Å². The number of nitrogens with one attached hydrogen (secondary N) is 1. The van der Waals surface area contributed by atoms with Crippen LogP contribution in [0.3, 0.4) is 0 Å². The third-order valence-corrected chi connectivity index (χ3v) is 7.23. The zero-order valence-electron chi connectivity index (χ0n) is 18.6. The molecule has 0 radical (unpaired) electrons. The molecule has 0 aliphatic heterocycles. The maximum absolute atomic E-state index is 13.2. The molecule has 10 heteroatoms. The van der Waals surface area contributed by atoms with Gasteiger partial charge in [-0.1, -0.05) is 18.2 Å². The topological polar surface area (TPSA) is 91.0 Å². The van der Waals surface area contributed by atoms with E-state index in [0.29, 0.717) is 35.9 Å². The second kappa shape index (κ2) is 9.88. The Morgan fingerprint density at radius 3 is 2.88 bits per heavy atom. The molecular weight excluding hydrogens is 470 g/mol. The van der Waals surface area contributed by atoms with Gasteiger partial charge < -0.3 is 9.30 Å². The van der Waals surface area contributed by atoms with Crippen molar-refractivity contribution in [1.82, 2.24) is 19.1 Å². The SMILES string of the molecule is CCOCCCn1c(NC(=O)Cn2cnc3scc(-c4cccs4)c3c2=O)nc2ccccc21. The number of fused-ring (bicyclic) bond motifs is 2. The van der Waals surface area contributed by atoms with Gasteiger partial charge in [-0.15, -0.1) is 22.7 Å². The Hall–Kier alpha value is -3.34. The molecule has 1 amide bonds. The second-order valence-electron chi connectivity index (χ2n) is 7.66. The molecule has 1 N–H and O–H groups in total. The highest BCUT2D eigenvalue weighted by Crippen LogP contribution is 2.33. The third-order valence-electron chi connectivity index (χ3n) is 5.44. The molecule has 0 saturated carbocycles. The number of imidazole rings is 1. The molecule has 0 bridgehead atoms. The summed E-state index contributed by atoms with van der Waals surface area (Å²) in [7, 11) is 0. The first-order chi connectivity index (χ1) is 16.7. The lowest BCUT2D eigenvalue weighted by Crippen LogP contribution is -2.28. The summed E-state index contributed by atoms with van der Waals surface area (Å²) in [5.74, 6) is 0.122. The van der Waals surface area contributed by atoms with Gasteiger partial charge >= 0.3 is 0 Å². The molecule has 0 saturated heterocycles. The molecule has 0 unspecified atom stereocenters. The quantitative estimate of drug-likeness (QED) is 0.303. The standard InChI is InChI=1S/C24H23N5O3S2/c1-2-32-11-6-10-29-18-8-4-3-7-17(18)26-24(29)27-20(30)13-28-15-25-22-21(23(28)31)16(14-34-22)19-9-5-12-33-19/h3-5,7-9,12,14-15H,2,6,10-11,13H2,1H3,(H,26,27,30). The lowest BCUT2D eigenvalue weighted by molar-refractivity contribution is -0.116. The van der Waals surface area contributed by atoms with Gasteiger partial charge in [-0.05, 0) is 36.9 Å². The first-order valence-electron chi connectivity index (χ1n) is 11.0. The Labute approximate surface area is 203 Å². The van der Waals surface area contributed by atoms with Crippen LogP contribution in [-0.2, 0) is 22.6 Å². The monoisotopic (exact) mass is 493 g/mol. The summed E-state index contributed by atoms with van der Waals surface area (Å²) in [6.45, 7) is 3.77. The number of ether oxygens (including phenoxy) is 1. The minimum absolute atomic E-state index is 0.149. The van der Waals surface area contributed by atoms with E-state index in [4.69, 9.17) is 4.74 Å². The van der Waals surface area contributed by atoms with Gasteiger partial charge in [0.25, 0.3) is 5.56 Å². The van der Waals surface area contributed by atoms with Crippen LogP contribution in [0.25, 0.3) is 31.7 Å². The molecule has 5 rings (SSSR count). The van der Waals surface area contributed by atoms with Crippen molar-refractivity contribution in [3.05, 3.63) is 63.8 Å². The van der Waals surface area contributed by atoms with E-state index in [9.17, 15) is 9.59 Å². The zero-order chi connectivity index (χ0) is 23.5. The van der Waals surface area contributed by atoms with Crippen molar-refractivity contribution in [2.45, 2.75) is 26.4 Å². The first kappa shape index (κ1) is 22.5. The Morgan fingerprint density at radius 2 is 2.06 bits per heavy atom. The van der Waals surface area contributed by atoms with Gasteiger partial charge in [0.1, 0.15) is 11.4 Å². The molecule has 0 aliphatic carbocycles. The summed E-state index contributed by atoms with van der Waals surface area (Å²) >= 11 is 3.00. The fourth-order valence-corrected chi connectivity index (χ4v) is 5.60. The molecular formula is C24H23N5O3S2. The van der Waals surface area contributed by atoms with Crippen LogP contribution in [0.2, 0.25) is 0 Å². The van der Waals surface area contributed by atoms with Gasteiger partial charge in [-0.2, -0.15) is 0 Å². The number of thiophene rings is 2. The Morgan fingerprint density at radius 1 is 1.18 bits per heavy atom. The minimum Gasteiger partial charge on any atom is -0.382 e. The maximum Gasteiger partial charge on any atom is 0.263 e. The van der Waals surface area contributed by atoms with E-state index < -0.39 is 0 Å². The Kier molecular flexibility index (Phi) is 6.52. The lowest BCUT2D eigenvalue weighted by atomic mass is 10.2. The molecule has 0 fully saturated rings. The van der Waals surface area contributed by atoms with Crippen LogP contribution in [0.15, 0.2) is 58.3 Å². The van der Waals surface area contributed by atoms with E-state index >= 15 is 0 Å². The van der Waals surface area contributed by atoms with Crippen molar-refractivity contribution in [2.75, 3.05) is 18.5 Å². The number of hydrogen-bond acceptors (Lipinski definition) is 7. The molecule has 8 nitrogen and oxygen atoms in total. The predicted octanol–water partition coefficient (Wildman–Crippen LogP) is 4.60. The fraction of sp³-hybridized carbons (Fsp3) is 0.250. The summed E-state index contributed by atoms with van der Waals surface area (Å²) < 4.78 is 8.78. The molecule has 174 valence electrons. The fourth-order valence-electron chi connectivity index (χ4n) is 3.88. The van der Waals surface area contributed by atoms with Crippen LogP contribution >= 0.6 is 22.7 Å². The molecule has 1 aromatic carbocycles. The van der Waals surface area contributed by atoms with Crippen molar-refractivity contribution < 1.29 is 9.53 Å². The Bertz CT molecular complexity index is 1500. The van der Waals surface area contributed by atoms with E-state index in [2.05, 4.69) is 15.3 Å². The lowest BCUT2D eigenvalue weighted by Gasteiger charge is -2.11. The smallest absolute Gasteiger partial charge is 0.263 e. The molecule has 34 heavy (non-hydrogen) atoms. The van der Waals surface area contributed by atoms with E-state index in [1.54, 1.807) is 11.3 Å². The van der Waals surface area contributed by atoms with Gasteiger partial charge in [0.15, 0.2) is 0 Å². The number of carbonyl (C=O) groups is 1. The van der Waals surface area contributed by atoms with Crippen LogP contribution in [0, 0.1) is 0 Å². The molecule has 4 aromatic heterocycles. The molecule has 0 atom stereocenters. The van der Waals surface area contributed by atoms with Gasteiger partial charge in [-0.25, -0.2) is 9.97 Å². The van der Waals surface area contributed by atoms with Crippen molar-refractivity contribution in [3.8, 4) is 10.4 Å². The maximum atomic E-state index is 13.2. The van der Waals surface area contributed by atoms with Crippen molar-refractivity contribution in [2.24, 2.45) is 0 Å². The number of aryl methyl sites for hydroxylation is 1. The highest BCUT2D eigenvalue weighted by Gasteiger charge is 2.17. The number of carbonyl (C=O) groups excluding carboxylic acids is 1. The summed E-state index contributed by atoms with van der Waals surface area (Å²) in [5, 5.41) is 7.36. The summed E-state index contributed by atoms with van der Waals surface area (Å²) in [6.07, 6.45) is 2.23. The predicted molar refractivity (Wildman–Crippen MR) is 137 cm³/mol. The highest BCUT2D eigenvalue weighted by molar-refractivity contribution is 7.18. The molecule has 0 spiro atoms. The number of benzene rings is 1. The minimum atomic E-state index is -0.336. The Balaban J connectivity index is 1.40. The number of nitrogens with zero attached hydrogens (tertiary/aromatic N) is 4. The summed E-state index contributed by atoms with van der Waals surface area (Å²) in [6, 6.07) is 11.7. The van der Waals surface area contributed by atoms with E-state index in [0.717, 1.165) is 27.9 Å². The van der Waals surface area contributed by atoms with Crippen LogP contribution in [0.4, 0.5) is 5.95 Å². The average molecular weight is 494 g/mol. The number of aromatic nitrogens is 4. The number of rotatable bonds is 9. The number of hydrogen-bond donors (Lipinski definition) is 1. The average Bonchev–Trinajstić information content (AvgIpc) is 3.57. The molecule has 5 aromatic rings. The summed E-state index contributed by atoms with van der Waals surface area (Å²) in [4.78, 5) is 36.9. The van der Waals surface area contributed by atoms with Gasteiger partial charge in [-0.3, -0.25) is 19.5 Å². The zero-order valence-corrected chi connectivity index (χ0v) is 20.2. The van der Waals surface area contributed by atoms with Crippen molar-refractivity contribution >= 4 is 55.8 Å². The second-order valence-corrected chi connectivity index (χ2v) is 9.46. The van der Waals surface area contributed by atoms with Crippen molar-refractivity contribution in [3.63, 3.8) is 0 Å².